The van der Waals surface area contributed by atoms with Crippen LogP contribution in [0.1, 0.15) is 17.3 Å². The number of rotatable bonds is 5. The largest absolute Gasteiger partial charge is 0.478 e. The van der Waals surface area contributed by atoms with Crippen molar-refractivity contribution in [2.45, 2.75) is 13.2 Å². The number of aldehydes is 1. The lowest BCUT2D eigenvalue weighted by Gasteiger charge is -2.09. The van der Waals surface area contributed by atoms with Gasteiger partial charge in [-0.05, 0) is 31.2 Å². The quantitative estimate of drug-likeness (QED) is 0.354. The van der Waals surface area contributed by atoms with E-state index < -0.39 is 24.9 Å². The molecule has 0 radical (unpaired) electrons. The highest BCUT2D eigenvalue weighted by molar-refractivity contribution is 5.84. The Morgan fingerprint density at radius 3 is 2.23 bits per heavy atom. The van der Waals surface area contributed by atoms with Gasteiger partial charge >= 0.3 is 12.1 Å². The van der Waals surface area contributed by atoms with Gasteiger partial charge in [-0.3, -0.25) is 10.1 Å². The second-order valence-corrected chi connectivity index (χ2v) is 4.00. The van der Waals surface area contributed by atoms with Gasteiger partial charge in [0.2, 0.25) is 0 Å². The number of carboxylic acid groups (broad SMARTS) is 1. The van der Waals surface area contributed by atoms with E-state index in [1.807, 2.05) is 5.32 Å². The Balaban J connectivity index is 0.000000626. The molecule has 0 fully saturated rings. The van der Waals surface area contributed by atoms with Gasteiger partial charge in [0.05, 0.1) is 6.61 Å². The number of ether oxygens (including phenoxy) is 1. The first-order chi connectivity index (χ1) is 10.3. The molecule has 0 aliphatic heterocycles. The summed E-state index contributed by atoms with van der Waals surface area (Å²) in [6.45, 7) is 4.00. The maximum absolute atomic E-state index is 11.1. The highest BCUT2D eigenvalue weighted by Crippen LogP contribution is 2.10. The van der Waals surface area contributed by atoms with E-state index in [0.29, 0.717) is 11.8 Å². The van der Waals surface area contributed by atoms with Gasteiger partial charge in [-0.1, -0.05) is 6.58 Å². The first-order valence-corrected chi connectivity index (χ1v) is 6.01. The Bertz CT molecular complexity index is 512. The van der Waals surface area contributed by atoms with Crippen LogP contribution in [0, 0.1) is 0 Å². The van der Waals surface area contributed by atoms with Crippen molar-refractivity contribution in [3.05, 3.63) is 42.0 Å². The molecule has 1 rings (SSSR count). The van der Waals surface area contributed by atoms with E-state index in [-0.39, 0.29) is 11.3 Å². The van der Waals surface area contributed by atoms with Crippen molar-refractivity contribution in [2.75, 3.05) is 6.61 Å². The van der Waals surface area contributed by atoms with Crippen LogP contribution in [0.5, 0.6) is 5.75 Å². The monoisotopic (exact) mass is 311 g/mol. The van der Waals surface area contributed by atoms with Crippen LogP contribution in [0.4, 0.5) is 4.79 Å². The first-order valence-electron chi connectivity index (χ1n) is 6.01. The number of nitrogens with one attached hydrogen (secondary N) is 1. The van der Waals surface area contributed by atoms with Crippen LogP contribution in [0.2, 0.25) is 0 Å². The molecule has 8 heteroatoms. The lowest BCUT2D eigenvalue weighted by atomic mass is 10.2. The van der Waals surface area contributed by atoms with Crippen LogP contribution in [0.15, 0.2) is 36.4 Å². The second kappa shape index (κ2) is 10.1. The summed E-state index contributed by atoms with van der Waals surface area (Å²) in [6.07, 6.45) is -1.58. The smallest absolute Gasteiger partial charge is 0.414 e. The number of carbonyl (C=O) groups is 3. The maximum atomic E-state index is 11.1. The Morgan fingerprint density at radius 2 is 1.86 bits per heavy atom. The lowest BCUT2D eigenvalue weighted by molar-refractivity contribution is -0.132. The second-order valence-electron chi connectivity index (χ2n) is 4.00. The van der Waals surface area contributed by atoms with Gasteiger partial charge in [-0.2, -0.15) is 0 Å². The van der Waals surface area contributed by atoms with E-state index in [1.165, 1.54) is 31.2 Å². The average Bonchev–Trinajstić information content (AvgIpc) is 2.48. The summed E-state index contributed by atoms with van der Waals surface area (Å²) in [5.41, 5.74) is 0.637. The Labute approximate surface area is 126 Å². The summed E-state index contributed by atoms with van der Waals surface area (Å²) in [7, 11) is 0. The van der Waals surface area contributed by atoms with E-state index in [9.17, 15) is 14.4 Å². The van der Waals surface area contributed by atoms with E-state index in [0.717, 1.165) is 0 Å². The van der Waals surface area contributed by atoms with Crippen molar-refractivity contribution in [3.8, 4) is 5.75 Å². The fraction of sp³-hybridized carbons (Fsp3) is 0.214. The highest BCUT2D eigenvalue weighted by atomic mass is 16.6. The van der Waals surface area contributed by atoms with Gasteiger partial charge in [0.1, 0.15) is 12.0 Å². The van der Waals surface area contributed by atoms with Gasteiger partial charge in [-0.15, -0.1) is 0 Å². The zero-order valence-electron chi connectivity index (χ0n) is 11.9. The molecule has 1 unspecified atom stereocenters. The fourth-order valence-electron chi connectivity index (χ4n) is 0.933. The van der Waals surface area contributed by atoms with Crippen LogP contribution in [-0.4, -0.2) is 46.5 Å². The predicted octanol–water partition coefficient (Wildman–Crippen LogP) is 0.545. The number of carboxylic acids is 1. The van der Waals surface area contributed by atoms with Crippen molar-refractivity contribution in [3.63, 3.8) is 0 Å². The van der Waals surface area contributed by atoms with Crippen molar-refractivity contribution < 1.29 is 34.4 Å². The molecule has 22 heavy (non-hydrogen) atoms. The lowest BCUT2D eigenvalue weighted by Crippen LogP contribution is -2.38. The van der Waals surface area contributed by atoms with Crippen LogP contribution in [0.3, 0.4) is 0 Å². The van der Waals surface area contributed by atoms with Crippen molar-refractivity contribution in [1.82, 2.24) is 5.32 Å². The molecule has 0 aliphatic rings. The summed E-state index contributed by atoms with van der Waals surface area (Å²) < 4.78 is 4.75. The van der Waals surface area contributed by atoms with E-state index in [1.54, 1.807) is 0 Å². The van der Waals surface area contributed by atoms with Gasteiger partial charge < -0.3 is 20.1 Å². The van der Waals surface area contributed by atoms with E-state index >= 15 is 0 Å². The molecule has 1 atom stereocenters. The molecule has 1 aromatic rings. The molecule has 0 aliphatic carbocycles. The summed E-state index contributed by atoms with van der Waals surface area (Å²) >= 11 is 0. The molecule has 120 valence electrons. The third kappa shape index (κ3) is 8.46. The number of carbonyl (C=O) groups excluding carboxylic acids is 2. The highest BCUT2D eigenvalue weighted by Gasteiger charge is 2.09. The molecule has 8 nitrogen and oxygen atoms in total. The summed E-state index contributed by atoms with van der Waals surface area (Å²) in [6, 6.07) is 5.85. The van der Waals surface area contributed by atoms with Gasteiger partial charge in [0.25, 0.3) is 0 Å². The van der Waals surface area contributed by atoms with Crippen LogP contribution < -0.4 is 10.1 Å². The molecule has 4 N–H and O–H groups in total. The summed E-state index contributed by atoms with van der Waals surface area (Å²) in [4.78, 5) is 31.0. The van der Waals surface area contributed by atoms with Gasteiger partial charge in [0, 0.05) is 11.1 Å². The fourth-order valence-corrected chi connectivity index (χ4v) is 0.933. The molecular formula is C14H17NO7. The van der Waals surface area contributed by atoms with Crippen LogP contribution in [-0.2, 0) is 4.79 Å². The minimum absolute atomic E-state index is 0.176. The minimum atomic E-state index is -1.36. The van der Waals surface area contributed by atoms with Gasteiger partial charge in [-0.25, -0.2) is 9.59 Å². The molecule has 0 saturated heterocycles. The molecule has 0 heterocycles. The Morgan fingerprint density at radius 1 is 1.36 bits per heavy atom. The first kappa shape index (κ1) is 19.3. The summed E-state index contributed by atoms with van der Waals surface area (Å²) in [5, 5.41) is 27.2. The molecule has 0 spiro atoms. The standard InChI is InChI=1S/C10H11NO5.C4H6O2/c12-5-7-1-3-8(4-2-7)16-10(15)11-9(14)6-13;1-3(2)4(5)6/h1-5,9,13-14H,6H2,(H,11,15);1H2,2H3,(H,5,6). The Hall–Kier alpha value is -2.71. The number of aliphatic hydroxyl groups excluding tert-OH is 2. The van der Waals surface area contributed by atoms with Gasteiger partial charge in [0.15, 0.2) is 6.23 Å². The predicted molar refractivity (Wildman–Crippen MR) is 76.5 cm³/mol. The number of hydrogen-bond acceptors (Lipinski definition) is 6. The number of aliphatic carboxylic acids is 1. The molecule has 0 aromatic heterocycles. The van der Waals surface area contributed by atoms with Crippen molar-refractivity contribution in [1.29, 1.82) is 0 Å². The van der Waals surface area contributed by atoms with Crippen LogP contribution in [0.25, 0.3) is 0 Å². The molecule has 1 aromatic carbocycles. The molecule has 1 amide bonds. The van der Waals surface area contributed by atoms with Crippen molar-refractivity contribution in [2.24, 2.45) is 0 Å². The average molecular weight is 311 g/mol. The minimum Gasteiger partial charge on any atom is -0.478 e. The number of amides is 1. The maximum Gasteiger partial charge on any atom is 0.414 e. The summed E-state index contributed by atoms with van der Waals surface area (Å²) in [5.74, 6) is -0.705. The van der Waals surface area contributed by atoms with Crippen LogP contribution >= 0.6 is 0 Å². The van der Waals surface area contributed by atoms with E-state index in [2.05, 4.69) is 6.58 Å². The third-order valence-electron chi connectivity index (χ3n) is 2.05. The van der Waals surface area contributed by atoms with E-state index in [4.69, 9.17) is 20.1 Å². The normalized spacial score (nSPS) is 10.5. The molecule has 0 bridgehead atoms. The number of aliphatic hydroxyl groups is 2. The SMILES string of the molecule is C=C(C)C(=O)O.O=Cc1ccc(OC(=O)NC(O)CO)cc1. The van der Waals surface area contributed by atoms with Crippen molar-refractivity contribution >= 4 is 18.3 Å². The molecular weight excluding hydrogens is 294 g/mol. The number of hydrogen-bond donors (Lipinski definition) is 4. The number of benzene rings is 1. The zero-order valence-corrected chi connectivity index (χ0v) is 11.9. The third-order valence-corrected chi connectivity index (χ3v) is 2.05. The Kier molecular flexibility index (Phi) is 8.84. The topological polar surface area (TPSA) is 133 Å². The molecule has 0 saturated carbocycles. The zero-order chi connectivity index (χ0) is 17.1.